The minimum Gasteiger partial charge on any atom is -0.392 e. The summed E-state index contributed by atoms with van der Waals surface area (Å²) in [6, 6.07) is 0.914. The van der Waals surface area contributed by atoms with Crippen LogP contribution < -0.4 is 5.73 Å². The lowest BCUT2D eigenvalue weighted by Crippen LogP contribution is -2.48. The first-order valence-corrected chi connectivity index (χ1v) is 7.96. The van der Waals surface area contributed by atoms with Crippen LogP contribution in [0.3, 0.4) is 0 Å². The second-order valence-corrected chi connectivity index (χ2v) is 6.70. The normalized spacial score (nSPS) is 34.9. The van der Waals surface area contributed by atoms with Gasteiger partial charge in [-0.15, -0.1) is 0 Å². The topological polar surface area (TPSA) is 52.7 Å². The Kier molecular flexibility index (Phi) is 5.63. The number of β-amino-alcohol motifs (C(OH)–C–C–N with tert-alkyl or cyclic N) is 1. The van der Waals surface area contributed by atoms with Gasteiger partial charge in [-0.2, -0.15) is 0 Å². The Bertz CT molecular complexity index is 272. The molecule has 0 aromatic rings. The monoisotopic (exact) mass is 269 g/mol. The predicted octanol–water partition coefficient (Wildman–Crippen LogP) is 0.891. The van der Waals surface area contributed by atoms with Gasteiger partial charge in [0.25, 0.3) is 0 Å². The van der Waals surface area contributed by atoms with Gasteiger partial charge in [-0.1, -0.05) is 0 Å². The average molecular weight is 269 g/mol. The molecule has 0 aliphatic carbocycles. The summed E-state index contributed by atoms with van der Waals surface area (Å²) in [5, 5.41) is 10.3. The molecule has 2 fully saturated rings. The predicted molar refractivity (Wildman–Crippen MR) is 79.1 cm³/mol. The second kappa shape index (κ2) is 7.02. The van der Waals surface area contributed by atoms with Gasteiger partial charge in [-0.3, -0.25) is 4.90 Å². The fourth-order valence-corrected chi connectivity index (χ4v) is 3.45. The summed E-state index contributed by atoms with van der Waals surface area (Å²) >= 11 is 0. The van der Waals surface area contributed by atoms with E-state index in [0.29, 0.717) is 18.0 Å². The van der Waals surface area contributed by atoms with Crippen LogP contribution in [0.1, 0.15) is 39.5 Å². The van der Waals surface area contributed by atoms with Crippen LogP contribution in [-0.4, -0.2) is 65.8 Å². The van der Waals surface area contributed by atoms with Gasteiger partial charge >= 0.3 is 0 Å². The van der Waals surface area contributed by atoms with Crippen LogP contribution >= 0.6 is 0 Å². The number of aliphatic hydroxyl groups excluding tert-OH is 1. The van der Waals surface area contributed by atoms with E-state index in [9.17, 15) is 5.11 Å². The lowest BCUT2D eigenvalue weighted by molar-refractivity contribution is 0.00227. The zero-order valence-corrected chi connectivity index (χ0v) is 12.6. The number of rotatable bonds is 4. The average Bonchev–Trinajstić information content (AvgIpc) is 2.37. The van der Waals surface area contributed by atoms with Crippen LogP contribution in [0.4, 0.5) is 0 Å². The van der Waals surface area contributed by atoms with Crippen molar-refractivity contribution in [2.24, 2.45) is 11.7 Å². The third-order valence-electron chi connectivity index (χ3n) is 4.84. The molecule has 2 heterocycles. The van der Waals surface area contributed by atoms with E-state index < -0.39 is 0 Å². The van der Waals surface area contributed by atoms with Gasteiger partial charge in [0.2, 0.25) is 0 Å². The fraction of sp³-hybridized carbons (Fsp3) is 1.00. The quantitative estimate of drug-likeness (QED) is 0.796. The number of hydrogen-bond donors (Lipinski definition) is 2. The summed E-state index contributed by atoms with van der Waals surface area (Å²) < 4.78 is 0. The number of aliphatic hydroxyl groups is 1. The summed E-state index contributed by atoms with van der Waals surface area (Å²) in [4.78, 5) is 4.87. The molecule has 2 aliphatic heterocycles. The Morgan fingerprint density at radius 2 is 2.00 bits per heavy atom. The van der Waals surface area contributed by atoms with Crippen molar-refractivity contribution in [3.63, 3.8) is 0 Å². The van der Waals surface area contributed by atoms with E-state index in [-0.39, 0.29) is 6.10 Å². The third-order valence-corrected chi connectivity index (χ3v) is 4.84. The molecule has 2 unspecified atom stereocenters. The van der Waals surface area contributed by atoms with Crippen molar-refractivity contribution in [3.8, 4) is 0 Å². The van der Waals surface area contributed by atoms with Crippen molar-refractivity contribution in [2.75, 3.05) is 32.7 Å². The van der Waals surface area contributed by atoms with E-state index in [4.69, 9.17) is 5.73 Å². The van der Waals surface area contributed by atoms with E-state index in [1.54, 1.807) is 0 Å². The molecular formula is C15H31N3O. The van der Waals surface area contributed by atoms with E-state index in [2.05, 4.69) is 23.6 Å². The maximum atomic E-state index is 10.3. The molecule has 2 saturated heterocycles. The number of nitrogens with two attached hydrogens (primary N) is 1. The third kappa shape index (κ3) is 4.42. The summed E-state index contributed by atoms with van der Waals surface area (Å²) in [7, 11) is 0. The van der Waals surface area contributed by atoms with Crippen LogP contribution in [0.2, 0.25) is 0 Å². The SMILES string of the molecule is CC(C)N1CCC(CCN2CCCC(N)C2)[C@H](O)C1. The van der Waals surface area contributed by atoms with Crippen molar-refractivity contribution in [3.05, 3.63) is 0 Å². The van der Waals surface area contributed by atoms with Crippen LogP contribution in [0, 0.1) is 5.92 Å². The Hall–Kier alpha value is -0.160. The summed E-state index contributed by atoms with van der Waals surface area (Å²) in [6.07, 6.45) is 4.52. The van der Waals surface area contributed by atoms with Crippen LogP contribution in [0.25, 0.3) is 0 Å². The molecule has 0 aromatic heterocycles. The highest BCUT2D eigenvalue weighted by atomic mass is 16.3. The lowest BCUT2D eigenvalue weighted by atomic mass is 9.89. The zero-order chi connectivity index (χ0) is 13.8. The maximum Gasteiger partial charge on any atom is 0.0696 e. The summed E-state index contributed by atoms with van der Waals surface area (Å²) in [5.74, 6) is 0.480. The molecule has 0 aromatic carbocycles. The first-order valence-electron chi connectivity index (χ1n) is 7.96. The number of hydrogen-bond acceptors (Lipinski definition) is 4. The molecule has 0 spiro atoms. The Morgan fingerprint density at radius 1 is 1.21 bits per heavy atom. The zero-order valence-electron chi connectivity index (χ0n) is 12.6. The molecule has 112 valence electrons. The van der Waals surface area contributed by atoms with E-state index in [1.165, 1.54) is 19.4 Å². The minimum absolute atomic E-state index is 0.144. The number of nitrogens with zero attached hydrogens (tertiary/aromatic N) is 2. The van der Waals surface area contributed by atoms with Crippen LogP contribution in [0.5, 0.6) is 0 Å². The standard InChI is InChI=1S/C15H31N3O/c1-12(2)18-9-6-13(15(19)11-18)5-8-17-7-3-4-14(16)10-17/h12-15,19H,3-11,16H2,1-2H3/t13?,14?,15-/m1/s1. The van der Waals surface area contributed by atoms with E-state index >= 15 is 0 Å². The van der Waals surface area contributed by atoms with Gasteiger partial charge in [0.05, 0.1) is 6.10 Å². The van der Waals surface area contributed by atoms with E-state index in [0.717, 1.165) is 39.0 Å². The van der Waals surface area contributed by atoms with Crippen LogP contribution in [-0.2, 0) is 0 Å². The molecule has 2 rings (SSSR count). The Morgan fingerprint density at radius 3 is 2.63 bits per heavy atom. The first-order chi connectivity index (χ1) is 9.06. The van der Waals surface area contributed by atoms with Gasteiger partial charge in [-0.05, 0) is 65.1 Å². The first kappa shape index (κ1) is 15.2. The highest BCUT2D eigenvalue weighted by Crippen LogP contribution is 2.23. The molecule has 0 bridgehead atoms. The molecule has 0 radical (unpaired) electrons. The van der Waals surface area contributed by atoms with Crippen molar-refractivity contribution < 1.29 is 5.11 Å². The fourth-order valence-electron chi connectivity index (χ4n) is 3.45. The highest BCUT2D eigenvalue weighted by molar-refractivity contribution is 4.83. The molecule has 0 amide bonds. The largest absolute Gasteiger partial charge is 0.392 e. The number of likely N-dealkylation sites (tertiary alicyclic amines) is 2. The molecular weight excluding hydrogens is 238 g/mol. The molecule has 3 atom stereocenters. The minimum atomic E-state index is -0.144. The summed E-state index contributed by atoms with van der Waals surface area (Å²) in [6.45, 7) is 9.75. The smallest absolute Gasteiger partial charge is 0.0696 e. The van der Waals surface area contributed by atoms with Gasteiger partial charge < -0.3 is 15.7 Å². The van der Waals surface area contributed by atoms with Gasteiger partial charge in [0.15, 0.2) is 0 Å². The highest BCUT2D eigenvalue weighted by Gasteiger charge is 2.29. The van der Waals surface area contributed by atoms with Crippen molar-refractivity contribution in [1.82, 2.24) is 9.80 Å². The molecule has 2 aliphatic rings. The van der Waals surface area contributed by atoms with Gasteiger partial charge in [0, 0.05) is 25.2 Å². The van der Waals surface area contributed by atoms with Crippen molar-refractivity contribution >= 4 is 0 Å². The van der Waals surface area contributed by atoms with Crippen molar-refractivity contribution in [2.45, 2.75) is 57.7 Å². The second-order valence-electron chi connectivity index (χ2n) is 6.70. The molecule has 3 N–H and O–H groups in total. The summed E-state index contributed by atoms with van der Waals surface area (Å²) in [5.41, 5.74) is 6.01. The van der Waals surface area contributed by atoms with E-state index in [1.807, 2.05) is 0 Å². The number of piperidine rings is 2. The van der Waals surface area contributed by atoms with Crippen molar-refractivity contribution in [1.29, 1.82) is 0 Å². The lowest BCUT2D eigenvalue weighted by Gasteiger charge is -2.39. The van der Waals surface area contributed by atoms with Crippen LogP contribution in [0.15, 0.2) is 0 Å². The molecule has 4 nitrogen and oxygen atoms in total. The molecule has 0 saturated carbocycles. The maximum absolute atomic E-state index is 10.3. The van der Waals surface area contributed by atoms with Gasteiger partial charge in [-0.25, -0.2) is 0 Å². The Labute approximate surface area is 117 Å². The Balaban J connectivity index is 1.71. The molecule has 19 heavy (non-hydrogen) atoms. The molecule has 4 heteroatoms. The van der Waals surface area contributed by atoms with Gasteiger partial charge in [0.1, 0.15) is 0 Å².